The lowest BCUT2D eigenvalue weighted by molar-refractivity contribution is 0.530. The van der Waals surface area contributed by atoms with E-state index in [1.54, 1.807) is 12.4 Å². The van der Waals surface area contributed by atoms with Gasteiger partial charge in [-0.3, -0.25) is 21.2 Å². The maximum Gasteiger partial charge on any atom is 0.0732 e. The van der Waals surface area contributed by atoms with Crippen LogP contribution in [0.25, 0.3) is 0 Å². The molecular weight excluding hydrogens is 360 g/mol. The molecule has 3 N–H and O–H groups in total. The summed E-state index contributed by atoms with van der Waals surface area (Å²) < 4.78 is 1.90. The predicted octanol–water partition coefficient (Wildman–Crippen LogP) is 2.75. The normalized spacial score (nSPS) is 12.4. The van der Waals surface area contributed by atoms with Gasteiger partial charge in [0, 0.05) is 33.5 Å². The van der Waals surface area contributed by atoms with E-state index in [9.17, 15) is 0 Å². The monoisotopic (exact) mass is 370 g/mol. The molecule has 0 aliphatic carbocycles. The van der Waals surface area contributed by atoms with Gasteiger partial charge in [0.15, 0.2) is 0 Å². The first-order valence-corrected chi connectivity index (χ1v) is 6.96. The summed E-state index contributed by atoms with van der Waals surface area (Å²) in [6, 6.07) is 7.67. The molecule has 0 aromatic carbocycles. The minimum Gasteiger partial charge on any atom is -0.271 e. The van der Waals surface area contributed by atoms with Crippen LogP contribution < -0.4 is 11.3 Å². The summed E-state index contributed by atoms with van der Waals surface area (Å²) in [4.78, 5) is 8.67. The van der Waals surface area contributed by atoms with Crippen LogP contribution in [0.2, 0.25) is 0 Å². The summed E-state index contributed by atoms with van der Waals surface area (Å²) in [5, 5.41) is 0. The maximum atomic E-state index is 5.60. The lowest BCUT2D eigenvalue weighted by Gasteiger charge is -2.16. The van der Waals surface area contributed by atoms with E-state index in [1.807, 2.05) is 24.3 Å². The topological polar surface area (TPSA) is 63.8 Å². The highest BCUT2D eigenvalue weighted by atomic mass is 79.9. The Morgan fingerprint density at radius 2 is 2.06 bits per heavy atom. The number of rotatable bonds is 4. The number of pyridine rings is 2. The Morgan fingerprint density at radius 1 is 1.22 bits per heavy atom. The van der Waals surface area contributed by atoms with Crippen LogP contribution in [0.5, 0.6) is 0 Å². The average molecular weight is 372 g/mol. The van der Waals surface area contributed by atoms with Crippen LogP contribution in [0.1, 0.15) is 17.4 Å². The Balaban J connectivity index is 2.20. The molecule has 0 aliphatic rings. The molecule has 1 unspecified atom stereocenters. The first-order chi connectivity index (χ1) is 8.70. The van der Waals surface area contributed by atoms with Crippen molar-refractivity contribution < 1.29 is 0 Å². The van der Waals surface area contributed by atoms with Crippen molar-refractivity contribution in [3.8, 4) is 0 Å². The third-order valence-corrected chi connectivity index (χ3v) is 3.66. The second-order valence-corrected chi connectivity index (χ2v) is 5.53. The van der Waals surface area contributed by atoms with Crippen molar-refractivity contribution in [2.45, 2.75) is 12.5 Å². The number of nitrogens with two attached hydrogens (primary N) is 1. The fourth-order valence-electron chi connectivity index (χ4n) is 1.63. The minimum atomic E-state index is -0.0748. The standard InChI is InChI=1S/C12H12Br2N4/c13-8-3-4-9(17-7-8)6-11(18-15)12-10(14)2-1-5-16-12/h1-5,7,11,18H,6,15H2. The number of halogens is 2. The van der Waals surface area contributed by atoms with Crippen LogP contribution in [0.15, 0.2) is 45.6 Å². The molecule has 2 aromatic heterocycles. The van der Waals surface area contributed by atoms with E-state index in [2.05, 4.69) is 47.3 Å². The molecule has 0 aliphatic heterocycles. The Labute approximate surface area is 122 Å². The van der Waals surface area contributed by atoms with Gasteiger partial charge in [-0.25, -0.2) is 0 Å². The van der Waals surface area contributed by atoms with Crippen molar-refractivity contribution in [2.24, 2.45) is 5.84 Å². The Bertz CT molecular complexity index is 516. The lowest BCUT2D eigenvalue weighted by Crippen LogP contribution is -2.30. The number of nitrogens with one attached hydrogen (secondary N) is 1. The van der Waals surface area contributed by atoms with E-state index in [0.29, 0.717) is 6.42 Å². The second kappa shape index (κ2) is 6.38. The quantitative estimate of drug-likeness (QED) is 0.640. The molecular formula is C12H12Br2N4. The van der Waals surface area contributed by atoms with Crippen molar-refractivity contribution in [1.29, 1.82) is 0 Å². The van der Waals surface area contributed by atoms with Crippen LogP contribution in [0, 0.1) is 0 Å². The van der Waals surface area contributed by atoms with Gasteiger partial charge in [0.1, 0.15) is 0 Å². The summed E-state index contributed by atoms with van der Waals surface area (Å²) in [5.74, 6) is 5.60. The van der Waals surface area contributed by atoms with Gasteiger partial charge in [0.25, 0.3) is 0 Å². The summed E-state index contributed by atoms with van der Waals surface area (Å²) in [7, 11) is 0. The molecule has 1 atom stereocenters. The van der Waals surface area contributed by atoms with Crippen LogP contribution >= 0.6 is 31.9 Å². The fraction of sp³-hybridized carbons (Fsp3) is 0.167. The van der Waals surface area contributed by atoms with Gasteiger partial charge in [-0.2, -0.15) is 0 Å². The van der Waals surface area contributed by atoms with Gasteiger partial charge < -0.3 is 0 Å². The molecule has 18 heavy (non-hydrogen) atoms. The molecule has 0 amide bonds. The highest BCUT2D eigenvalue weighted by Gasteiger charge is 2.15. The molecule has 6 heteroatoms. The van der Waals surface area contributed by atoms with E-state index >= 15 is 0 Å². The molecule has 2 rings (SSSR count). The Morgan fingerprint density at radius 3 is 2.67 bits per heavy atom. The minimum absolute atomic E-state index is 0.0748. The highest BCUT2D eigenvalue weighted by Crippen LogP contribution is 2.23. The van der Waals surface area contributed by atoms with E-state index in [0.717, 1.165) is 20.3 Å². The number of hydrogen-bond acceptors (Lipinski definition) is 4. The Hall–Kier alpha value is -0.820. The first kappa shape index (κ1) is 13.6. The van der Waals surface area contributed by atoms with Crippen LogP contribution in [0.3, 0.4) is 0 Å². The van der Waals surface area contributed by atoms with E-state index in [4.69, 9.17) is 5.84 Å². The molecule has 0 saturated carbocycles. The molecule has 0 fully saturated rings. The molecule has 2 heterocycles. The van der Waals surface area contributed by atoms with Crippen LogP contribution in [-0.4, -0.2) is 9.97 Å². The SMILES string of the molecule is NNC(Cc1ccc(Br)cn1)c1ncccc1Br. The van der Waals surface area contributed by atoms with Gasteiger partial charge in [-0.05, 0) is 56.1 Å². The molecule has 94 valence electrons. The smallest absolute Gasteiger partial charge is 0.0732 e. The zero-order valence-electron chi connectivity index (χ0n) is 9.48. The summed E-state index contributed by atoms with van der Waals surface area (Å²) in [5.41, 5.74) is 4.61. The number of hydrazine groups is 1. The van der Waals surface area contributed by atoms with E-state index in [1.165, 1.54) is 0 Å². The second-order valence-electron chi connectivity index (χ2n) is 3.76. The fourth-order valence-corrected chi connectivity index (χ4v) is 2.39. The zero-order chi connectivity index (χ0) is 13.0. The van der Waals surface area contributed by atoms with Gasteiger partial charge in [-0.15, -0.1) is 0 Å². The summed E-state index contributed by atoms with van der Waals surface area (Å²) in [6.45, 7) is 0. The lowest BCUT2D eigenvalue weighted by atomic mass is 10.1. The molecule has 4 nitrogen and oxygen atoms in total. The molecule has 2 aromatic rings. The van der Waals surface area contributed by atoms with Crippen molar-refractivity contribution in [1.82, 2.24) is 15.4 Å². The average Bonchev–Trinajstić information content (AvgIpc) is 2.39. The van der Waals surface area contributed by atoms with Crippen LogP contribution in [0.4, 0.5) is 0 Å². The third-order valence-electron chi connectivity index (χ3n) is 2.52. The molecule has 0 saturated heterocycles. The predicted molar refractivity (Wildman–Crippen MR) is 77.6 cm³/mol. The highest BCUT2D eigenvalue weighted by molar-refractivity contribution is 9.10. The first-order valence-electron chi connectivity index (χ1n) is 5.37. The number of nitrogens with zero attached hydrogens (tertiary/aromatic N) is 2. The van der Waals surface area contributed by atoms with E-state index in [-0.39, 0.29) is 6.04 Å². The van der Waals surface area contributed by atoms with Gasteiger partial charge in [0.05, 0.1) is 11.7 Å². The van der Waals surface area contributed by atoms with Gasteiger partial charge in [0.2, 0.25) is 0 Å². The number of hydrogen-bond donors (Lipinski definition) is 2. The van der Waals surface area contributed by atoms with Gasteiger partial charge >= 0.3 is 0 Å². The molecule has 0 spiro atoms. The van der Waals surface area contributed by atoms with Crippen molar-refractivity contribution in [2.75, 3.05) is 0 Å². The largest absolute Gasteiger partial charge is 0.271 e. The summed E-state index contributed by atoms with van der Waals surface area (Å²) >= 11 is 6.84. The zero-order valence-corrected chi connectivity index (χ0v) is 12.6. The number of aromatic nitrogens is 2. The van der Waals surface area contributed by atoms with Crippen molar-refractivity contribution in [3.63, 3.8) is 0 Å². The van der Waals surface area contributed by atoms with Crippen molar-refractivity contribution in [3.05, 3.63) is 57.0 Å². The molecule has 0 radical (unpaired) electrons. The summed E-state index contributed by atoms with van der Waals surface area (Å²) in [6.07, 6.45) is 4.20. The molecule has 0 bridgehead atoms. The third kappa shape index (κ3) is 3.35. The van der Waals surface area contributed by atoms with Crippen LogP contribution in [-0.2, 0) is 6.42 Å². The maximum absolute atomic E-state index is 5.60. The van der Waals surface area contributed by atoms with E-state index < -0.39 is 0 Å². The van der Waals surface area contributed by atoms with Gasteiger partial charge in [-0.1, -0.05) is 0 Å². The van der Waals surface area contributed by atoms with Crippen molar-refractivity contribution >= 4 is 31.9 Å². The Kier molecular flexibility index (Phi) is 4.82.